The van der Waals surface area contributed by atoms with Gasteiger partial charge in [-0.3, -0.25) is 19.3 Å². The van der Waals surface area contributed by atoms with Crippen LogP contribution in [0.25, 0.3) is 22.0 Å². The number of aromatic nitrogens is 4. The SMILES string of the molecule is COc1cc2nccc(Oc3ccc(NC(=O)c4nn(CC5CCOCC5)cc(-c5ccc(C)cc5)c4=O)cn3)c2cc1OC. The fourth-order valence-corrected chi connectivity index (χ4v) is 5.27. The lowest BCUT2D eigenvalue weighted by Gasteiger charge is -2.23. The molecule has 0 spiro atoms. The van der Waals surface area contributed by atoms with Crippen molar-refractivity contribution < 1.29 is 23.7 Å². The third kappa shape index (κ3) is 6.63. The number of hydrogen-bond acceptors (Lipinski definition) is 9. The number of nitrogens with zero attached hydrogens (tertiary/aromatic N) is 4. The van der Waals surface area contributed by atoms with Gasteiger partial charge in [-0.25, -0.2) is 4.98 Å². The Morgan fingerprint density at radius 2 is 1.73 bits per heavy atom. The van der Waals surface area contributed by atoms with Gasteiger partial charge >= 0.3 is 0 Å². The Morgan fingerprint density at radius 1 is 0.978 bits per heavy atom. The van der Waals surface area contributed by atoms with Gasteiger partial charge in [0, 0.05) is 55.2 Å². The molecule has 230 valence electrons. The first-order chi connectivity index (χ1) is 21.9. The van der Waals surface area contributed by atoms with Crippen LogP contribution in [0.5, 0.6) is 23.1 Å². The van der Waals surface area contributed by atoms with Crippen LogP contribution in [0.1, 0.15) is 28.9 Å². The summed E-state index contributed by atoms with van der Waals surface area (Å²) in [7, 11) is 3.12. The van der Waals surface area contributed by atoms with Crippen LogP contribution in [0.2, 0.25) is 0 Å². The van der Waals surface area contributed by atoms with Crippen LogP contribution in [0.3, 0.4) is 0 Å². The smallest absolute Gasteiger partial charge is 0.280 e. The van der Waals surface area contributed by atoms with Crippen molar-refractivity contribution in [3.05, 3.63) is 94.7 Å². The van der Waals surface area contributed by atoms with E-state index in [0.29, 0.717) is 71.0 Å². The van der Waals surface area contributed by atoms with Crippen molar-refractivity contribution in [1.29, 1.82) is 0 Å². The van der Waals surface area contributed by atoms with E-state index in [1.807, 2.05) is 31.2 Å². The highest BCUT2D eigenvalue weighted by Gasteiger charge is 2.21. The van der Waals surface area contributed by atoms with Crippen molar-refractivity contribution in [1.82, 2.24) is 19.7 Å². The number of fused-ring (bicyclic) bond motifs is 1. The van der Waals surface area contributed by atoms with Crippen LogP contribution in [-0.4, -0.2) is 53.1 Å². The number of anilines is 1. The summed E-state index contributed by atoms with van der Waals surface area (Å²) in [5, 5.41) is 7.96. The maximum Gasteiger partial charge on any atom is 0.280 e. The average molecular weight is 608 g/mol. The summed E-state index contributed by atoms with van der Waals surface area (Å²) in [6, 6.07) is 16.2. The first-order valence-corrected chi connectivity index (χ1v) is 14.6. The van der Waals surface area contributed by atoms with Gasteiger partial charge < -0.3 is 24.3 Å². The van der Waals surface area contributed by atoms with E-state index in [1.54, 1.807) is 61.6 Å². The van der Waals surface area contributed by atoms with Crippen LogP contribution in [-0.2, 0) is 11.3 Å². The number of ether oxygens (including phenoxy) is 4. The molecule has 0 radical (unpaired) electrons. The summed E-state index contributed by atoms with van der Waals surface area (Å²) >= 11 is 0. The highest BCUT2D eigenvalue weighted by Crippen LogP contribution is 2.36. The van der Waals surface area contributed by atoms with E-state index in [9.17, 15) is 9.59 Å². The Hall–Kier alpha value is -5.29. The molecular formula is C34H33N5O6. The number of carbonyl (C=O) groups excluding carboxylic acids is 1. The predicted molar refractivity (Wildman–Crippen MR) is 169 cm³/mol. The molecule has 6 rings (SSSR count). The molecule has 1 fully saturated rings. The monoisotopic (exact) mass is 607 g/mol. The van der Waals surface area contributed by atoms with Gasteiger partial charge in [0.2, 0.25) is 11.3 Å². The zero-order valence-electron chi connectivity index (χ0n) is 25.3. The van der Waals surface area contributed by atoms with Crippen LogP contribution in [0, 0.1) is 12.8 Å². The second-order valence-corrected chi connectivity index (χ2v) is 10.8. The van der Waals surface area contributed by atoms with Gasteiger partial charge in [0.15, 0.2) is 17.2 Å². The Morgan fingerprint density at radius 3 is 2.44 bits per heavy atom. The molecule has 45 heavy (non-hydrogen) atoms. The van der Waals surface area contributed by atoms with Crippen molar-refractivity contribution >= 4 is 22.5 Å². The largest absolute Gasteiger partial charge is 0.493 e. The molecule has 1 aliphatic heterocycles. The van der Waals surface area contributed by atoms with Crippen LogP contribution >= 0.6 is 0 Å². The number of hydrogen-bond donors (Lipinski definition) is 1. The van der Waals surface area contributed by atoms with E-state index in [0.717, 1.165) is 24.0 Å². The van der Waals surface area contributed by atoms with E-state index >= 15 is 0 Å². The highest BCUT2D eigenvalue weighted by molar-refractivity contribution is 6.03. The lowest BCUT2D eigenvalue weighted by Crippen LogP contribution is -2.29. The number of nitrogens with one attached hydrogen (secondary N) is 1. The molecule has 1 aliphatic rings. The second-order valence-electron chi connectivity index (χ2n) is 10.8. The van der Waals surface area contributed by atoms with Crippen LogP contribution in [0.15, 0.2) is 78.0 Å². The summed E-state index contributed by atoms with van der Waals surface area (Å²) in [5.41, 5.74) is 2.64. The molecule has 1 amide bonds. The van der Waals surface area contributed by atoms with E-state index in [-0.39, 0.29) is 5.69 Å². The third-order valence-corrected chi connectivity index (χ3v) is 7.75. The molecule has 4 heterocycles. The maximum absolute atomic E-state index is 13.6. The molecule has 2 aromatic carbocycles. The first kappa shape index (κ1) is 29.8. The second kappa shape index (κ2) is 13.1. The van der Waals surface area contributed by atoms with Gasteiger partial charge in [-0.05, 0) is 49.4 Å². The zero-order valence-corrected chi connectivity index (χ0v) is 25.3. The van der Waals surface area contributed by atoms with Gasteiger partial charge in [-0.1, -0.05) is 29.8 Å². The van der Waals surface area contributed by atoms with E-state index in [4.69, 9.17) is 18.9 Å². The number of aryl methyl sites for hydroxylation is 1. The highest BCUT2D eigenvalue weighted by atomic mass is 16.5. The van der Waals surface area contributed by atoms with Crippen molar-refractivity contribution in [2.75, 3.05) is 32.8 Å². The molecule has 0 aliphatic carbocycles. The Labute approximate surface area is 259 Å². The number of carbonyl (C=O) groups is 1. The molecular weight excluding hydrogens is 574 g/mol. The minimum atomic E-state index is -0.619. The molecule has 0 bridgehead atoms. The average Bonchev–Trinajstić information content (AvgIpc) is 3.06. The number of benzene rings is 2. The van der Waals surface area contributed by atoms with Gasteiger partial charge in [0.25, 0.3) is 5.91 Å². The number of methoxy groups -OCH3 is 2. The van der Waals surface area contributed by atoms with Gasteiger partial charge in [0.05, 0.1) is 31.6 Å². The van der Waals surface area contributed by atoms with Crippen molar-refractivity contribution in [2.24, 2.45) is 5.92 Å². The topological polar surface area (TPSA) is 127 Å². The van der Waals surface area contributed by atoms with Crippen molar-refractivity contribution in [3.63, 3.8) is 0 Å². The quantitative estimate of drug-likeness (QED) is 0.226. The molecule has 1 saturated heterocycles. The van der Waals surface area contributed by atoms with E-state index in [2.05, 4.69) is 20.4 Å². The minimum absolute atomic E-state index is 0.187. The maximum atomic E-state index is 13.6. The zero-order chi connectivity index (χ0) is 31.3. The molecule has 1 N–H and O–H groups in total. The minimum Gasteiger partial charge on any atom is -0.493 e. The summed E-state index contributed by atoms with van der Waals surface area (Å²) in [6.07, 6.45) is 6.62. The molecule has 11 heteroatoms. The predicted octanol–water partition coefficient (Wildman–Crippen LogP) is 5.65. The van der Waals surface area contributed by atoms with Crippen molar-refractivity contribution in [3.8, 4) is 34.3 Å². The molecule has 5 aromatic rings. The summed E-state index contributed by atoms with van der Waals surface area (Å²) < 4.78 is 24.1. The Bertz CT molecular complexity index is 1880. The normalized spacial score (nSPS) is 13.4. The van der Waals surface area contributed by atoms with Gasteiger partial charge in [-0.2, -0.15) is 5.10 Å². The Balaban J connectivity index is 1.24. The van der Waals surface area contributed by atoms with Crippen LogP contribution in [0.4, 0.5) is 5.69 Å². The fraction of sp³-hybridized carbons (Fsp3) is 0.265. The summed E-state index contributed by atoms with van der Waals surface area (Å²) in [6.45, 7) is 3.95. The van der Waals surface area contributed by atoms with E-state index in [1.165, 1.54) is 6.20 Å². The van der Waals surface area contributed by atoms with Crippen LogP contribution < -0.4 is 25.0 Å². The summed E-state index contributed by atoms with van der Waals surface area (Å²) in [4.78, 5) is 35.8. The number of rotatable bonds is 9. The molecule has 3 aromatic heterocycles. The summed E-state index contributed by atoms with van der Waals surface area (Å²) in [5.74, 6) is 1.64. The van der Waals surface area contributed by atoms with Gasteiger partial charge in [0.1, 0.15) is 5.75 Å². The first-order valence-electron chi connectivity index (χ1n) is 14.6. The molecule has 0 atom stereocenters. The number of amides is 1. The lowest BCUT2D eigenvalue weighted by atomic mass is 10.0. The number of pyridine rings is 2. The van der Waals surface area contributed by atoms with Gasteiger partial charge in [-0.15, -0.1) is 0 Å². The third-order valence-electron chi connectivity index (χ3n) is 7.75. The van der Waals surface area contributed by atoms with Crippen molar-refractivity contribution in [2.45, 2.75) is 26.3 Å². The Kier molecular flexibility index (Phi) is 8.70. The standard InChI is InChI=1S/C34H33N5O6/c1-21-4-6-23(7-5-21)26-20-39(19-22-11-14-44-15-12-22)38-32(33(26)40)34(41)37-24-8-9-31(36-18-24)45-28-10-13-35-27-17-30(43-3)29(42-2)16-25(27)28/h4-10,13,16-18,20,22H,11-12,14-15,19H2,1-3H3,(H,37,41). The van der Waals surface area contributed by atoms with E-state index < -0.39 is 11.3 Å². The molecule has 0 saturated carbocycles. The fourth-order valence-electron chi connectivity index (χ4n) is 5.27. The molecule has 0 unspecified atom stereocenters. The molecule has 11 nitrogen and oxygen atoms in total. The lowest BCUT2D eigenvalue weighted by molar-refractivity contribution is 0.0599.